The van der Waals surface area contributed by atoms with E-state index in [1.54, 1.807) is 0 Å². The summed E-state index contributed by atoms with van der Waals surface area (Å²) in [5.74, 6) is 3.79. The zero-order valence-corrected chi connectivity index (χ0v) is 14.7. The first-order valence-electron chi connectivity index (χ1n) is 6.92. The van der Waals surface area contributed by atoms with Crippen molar-refractivity contribution in [1.29, 1.82) is 0 Å². The Bertz CT molecular complexity index is 403. The lowest BCUT2D eigenvalue weighted by Gasteiger charge is -2.19. The van der Waals surface area contributed by atoms with E-state index in [2.05, 4.69) is 56.5 Å². The van der Waals surface area contributed by atoms with Gasteiger partial charge in [-0.2, -0.15) is 11.8 Å². The van der Waals surface area contributed by atoms with E-state index in [1.165, 1.54) is 32.8 Å². The van der Waals surface area contributed by atoms with Crippen molar-refractivity contribution in [2.75, 3.05) is 23.8 Å². The van der Waals surface area contributed by atoms with E-state index in [0.29, 0.717) is 5.25 Å². The van der Waals surface area contributed by atoms with Crippen molar-refractivity contribution in [1.82, 2.24) is 10.3 Å². The summed E-state index contributed by atoms with van der Waals surface area (Å²) in [6.07, 6.45) is 0. The highest BCUT2D eigenvalue weighted by atomic mass is 32.2. The molecule has 5 heteroatoms. The predicted molar refractivity (Wildman–Crippen MR) is 90.7 cm³/mol. The second kappa shape index (κ2) is 6.83. The Morgan fingerprint density at radius 1 is 1.32 bits per heavy atom. The lowest BCUT2D eigenvalue weighted by atomic mass is 9.91. The van der Waals surface area contributed by atoms with Crippen LogP contribution in [0, 0.1) is 0 Å². The zero-order chi connectivity index (χ0) is 13.9. The lowest BCUT2D eigenvalue weighted by molar-refractivity contribution is 0.559. The lowest BCUT2D eigenvalue weighted by Crippen LogP contribution is -2.18. The van der Waals surface area contributed by atoms with Crippen LogP contribution in [-0.4, -0.2) is 28.8 Å². The summed E-state index contributed by atoms with van der Waals surface area (Å²) in [5, 5.41) is 5.41. The molecular formula is C14H24N2S3. The van der Waals surface area contributed by atoms with Gasteiger partial charge in [0, 0.05) is 34.1 Å². The highest BCUT2D eigenvalue weighted by Gasteiger charge is 2.27. The van der Waals surface area contributed by atoms with Gasteiger partial charge in [0.15, 0.2) is 0 Å². The average molecular weight is 317 g/mol. The molecule has 19 heavy (non-hydrogen) atoms. The SMILES string of the molecule is CCNCc1sc(C2CSCCS2)nc1C(C)(C)C. The van der Waals surface area contributed by atoms with Crippen molar-refractivity contribution in [2.24, 2.45) is 0 Å². The Morgan fingerprint density at radius 3 is 2.68 bits per heavy atom. The quantitative estimate of drug-likeness (QED) is 0.905. The van der Waals surface area contributed by atoms with E-state index in [0.717, 1.165) is 13.1 Å². The van der Waals surface area contributed by atoms with E-state index < -0.39 is 0 Å². The summed E-state index contributed by atoms with van der Waals surface area (Å²) >= 11 is 6.07. The van der Waals surface area contributed by atoms with E-state index in [-0.39, 0.29) is 5.41 Å². The van der Waals surface area contributed by atoms with E-state index in [1.807, 2.05) is 11.3 Å². The Balaban J connectivity index is 2.22. The number of nitrogens with one attached hydrogen (secondary N) is 1. The average Bonchev–Trinajstić information content (AvgIpc) is 2.81. The third-order valence-corrected chi connectivity index (χ3v) is 7.13. The zero-order valence-electron chi connectivity index (χ0n) is 12.3. The highest BCUT2D eigenvalue weighted by molar-refractivity contribution is 8.06. The van der Waals surface area contributed by atoms with Gasteiger partial charge < -0.3 is 5.32 Å². The molecule has 1 saturated heterocycles. The number of aromatic nitrogens is 1. The van der Waals surface area contributed by atoms with Crippen LogP contribution >= 0.6 is 34.9 Å². The van der Waals surface area contributed by atoms with Gasteiger partial charge in [-0.25, -0.2) is 4.98 Å². The molecule has 1 aromatic rings. The molecule has 1 unspecified atom stereocenters. The number of thiazole rings is 1. The molecule has 0 amide bonds. The Morgan fingerprint density at radius 2 is 2.11 bits per heavy atom. The minimum atomic E-state index is 0.145. The number of hydrogen-bond acceptors (Lipinski definition) is 5. The van der Waals surface area contributed by atoms with Crippen LogP contribution in [0.3, 0.4) is 0 Å². The molecule has 2 heterocycles. The van der Waals surface area contributed by atoms with Crippen LogP contribution in [0.5, 0.6) is 0 Å². The Kier molecular flexibility index (Phi) is 5.64. The molecular weight excluding hydrogens is 292 g/mol. The second-order valence-corrected chi connectivity index (χ2v) is 9.36. The molecule has 0 aliphatic carbocycles. The predicted octanol–water partition coefficient (Wildman–Crippen LogP) is 4.07. The summed E-state index contributed by atoms with van der Waals surface area (Å²) < 4.78 is 0. The molecule has 1 atom stereocenters. The van der Waals surface area contributed by atoms with Crippen LogP contribution in [-0.2, 0) is 12.0 Å². The van der Waals surface area contributed by atoms with Gasteiger partial charge in [0.25, 0.3) is 0 Å². The summed E-state index contributed by atoms with van der Waals surface area (Å²) in [6, 6.07) is 0. The topological polar surface area (TPSA) is 24.9 Å². The van der Waals surface area contributed by atoms with E-state index in [9.17, 15) is 0 Å². The summed E-state index contributed by atoms with van der Waals surface area (Å²) in [6.45, 7) is 10.9. The minimum absolute atomic E-state index is 0.145. The number of hydrogen-bond donors (Lipinski definition) is 1. The third kappa shape index (κ3) is 4.13. The maximum atomic E-state index is 5.00. The molecule has 1 aliphatic heterocycles. The molecule has 2 rings (SSSR count). The largest absolute Gasteiger partial charge is 0.312 e. The van der Waals surface area contributed by atoms with Gasteiger partial charge in [0.05, 0.1) is 10.9 Å². The van der Waals surface area contributed by atoms with E-state index in [4.69, 9.17) is 4.98 Å². The van der Waals surface area contributed by atoms with Crippen LogP contribution in [0.2, 0.25) is 0 Å². The Hall–Kier alpha value is 0.290. The van der Waals surface area contributed by atoms with Gasteiger partial charge in [-0.3, -0.25) is 0 Å². The van der Waals surface area contributed by atoms with Crippen LogP contribution in [0.15, 0.2) is 0 Å². The maximum Gasteiger partial charge on any atom is 0.107 e. The number of rotatable bonds is 4. The van der Waals surface area contributed by atoms with Crippen LogP contribution in [0.4, 0.5) is 0 Å². The molecule has 0 radical (unpaired) electrons. The van der Waals surface area contributed by atoms with Gasteiger partial charge in [-0.1, -0.05) is 27.7 Å². The fraction of sp³-hybridized carbons (Fsp3) is 0.786. The van der Waals surface area contributed by atoms with Crippen molar-refractivity contribution in [3.8, 4) is 0 Å². The fourth-order valence-electron chi connectivity index (χ4n) is 2.08. The molecule has 1 N–H and O–H groups in total. The molecule has 2 nitrogen and oxygen atoms in total. The van der Waals surface area contributed by atoms with Gasteiger partial charge in [0.2, 0.25) is 0 Å². The number of thioether (sulfide) groups is 2. The molecule has 0 spiro atoms. The summed E-state index contributed by atoms with van der Waals surface area (Å²) in [4.78, 5) is 6.43. The van der Waals surface area contributed by atoms with Crippen LogP contribution in [0.1, 0.15) is 48.5 Å². The molecule has 1 aliphatic rings. The van der Waals surface area contributed by atoms with Gasteiger partial charge in [-0.05, 0) is 6.54 Å². The van der Waals surface area contributed by atoms with Gasteiger partial charge >= 0.3 is 0 Å². The Labute approximate surface area is 129 Å². The fourth-order valence-corrected chi connectivity index (χ4v) is 6.31. The normalized spacial score (nSPS) is 20.7. The third-order valence-electron chi connectivity index (χ3n) is 3.05. The molecule has 0 bridgehead atoms. The first-order chi connectivity index (χ1) is 9.02. The number of nitrogens with zero attached hydrogens (tertiary/aromatic N) is 1. The van der Waals surface area contributed by atoms with Crippen molar-refractivity contribution >= 4 is 34.9 Å². The summed E-state index contributed by atoms with van der Waals surface area (Å²) in [5.41, 5.74) is 1.44. The van der Waals surface area contributed by atoms with Gasteiger partial charge in [-0.15, -0.1) is 23.1 Å². The smallest absolute Gasteiger partial charge is 0.107 e. The monoisotopic (exact) mass is 316 g/mol. The standard InChI is InChI=1S/C14H24N2S3/c1-5-15-8-10-12(14(2,3)4)16-13(19-10)11-9-17-6-7-18-11/h11,15H,5-9H2,1-4H3. The second-order valence-electron chi connectivity index (χ2n) is 5.79. The highest BCUT2D eigenvalue weighted by Crippen LogP contribution is 2.41. The van der Waals surface area contributed by atoms with Crippen LogP contribution in [0.25, 0.3) is 0 Å². The molecule has 108 valence electrons. The van der Waals surface area contributed by atoms with Gasteiger partial charge in [0.1, 0.15) is 5.01 Å². The maximum absolute atomic E-state index is 5.00. The van der Waals surface area contributed by atoms with Crippen molar-refractivity contribution in [3.63, 3.8) is 0 Å². The van der Waals surface area contributed by atoms with Crippen molar-refractivity contribution in [3.05, 3.63) is 15.6 Å². The minimum Gasteiger partial charge on any atom is -0.312 e. The first-order valence-corrected chi connectivity index (χ1v) is 9.94. The molecule has 0 aromatic carbocycles. The van der Waals surface area contributed by atoms with E-state index >= 15 is 0 Å². The van der Waals surface area contributed by atoms with Crippen molar-refractivity contribution < 1.29 is 0 Å². The molecule has 1 aromatic heterocycles. The van der Waals surface area contributed by atoms with Crippen molar-refractivity contribution in [2.45, 2.75) is 44.9 Å². The first kappa shape index (κ1) is 15.7. The summed E-state index contributed by atoms with van der Waals surface area (Å²) in [7, 11) is 0. The molecule has 0 saturated carbocycles. The molecule has 1 fully saturated rings. The van der Waals surface area contributed by atoms with Crippen LogP contribution < -0.4 is 5.32 Å².